The van der Waals surface area contributed by atoms with Crippen molar-refractivity contribution < 1.29 is 43.9 Å². The Labute approximate surface area is 181 Å². The molecule has 1 spiro atoms. The van der Waals surface area contributed by atoms with Crippen LogP contribution in [0.2, 0.25) is 0 Å². The predicted molar refractivity (Wildman–Crippen MR) is 106 cm³/mol. The quantitative estimate of drug-likeness (QED) is 0.309. The van der Waals surface area contributed by atoms with Crippen molar-refractivity contribution in [2.45, 2.75) is 83.3 Å². The maximum absolute atomic E-state index is 12.4. The second-order valence-corrected chi connectivity index (χ2v) is 9.98. The van der Waals surface area contributed by atoms with Crippen molar-refractivity contribution in [2.24, 2.45) is 16.7 Å². The molecule has 9 nitrogen and oxygen atoms in total. The molecule has 0 aromatic rings. The minimum Gasteiger partial charge on any atom is -0.465 e. The summed E-state index contributed by atoms with van der Waals surface area (Å²) in [6.07, 6.45) is -4.61. The van der Waals surface area contributed by atoms with Gasteiger partial charge in [-0.05, 0) is 18.4 Å². The van der Waals surface area contributed by atoms with Gasteiger partial charge in [-0.1, -0.05) is 26.8 Å². The number of rotatable bonds is 5. The third-order valence-corrected chi connectivity index (χ3v) is 7.81. The first-order valence-electron chi connectivity index (χ1n) is 10.8. The van der Waals surface area contributed by atoms with Gasteiger partial charge in [-0.15, -0.1) is 0 Å². The number of carbonyl (C=O) groups excluding carboxylic acids is 2. The Bertz CT molecular complexity index is 803. The van der Waals surface area contributed by atoms with E-state index in [0.717, 1.165) is 0 Å². The molecule has 4 unspecified atom stereocenters. The lowest BCUT2D eigenvalue weighted by molar-refractivity contribution is -0.274. The number of aliphatic hydroxyl groups excluding tert-OH is 3. The van der Waals surface area contributed by atoms with Crippen LogP contribution in [-0.4, -0.2) is 82.7 Å². The molecule has 2 bridgehead atoms. The molecule has 2 aliphatic heterocycles. The van der Waals surface area contributed by atoms with Gasteiger partial charge in [0.15, 0.2) is 0 Å². The van der Waals surface area contributed by atoms with Crippen molar-refractivity contribution in [3.8, 4) is 0 Å². The molecule has 9 heteroatoms. The van der Waals surface area contributed by atoms with E-state index in [1.54, 1.807) is 19.9 Å². The van der Waals surface area contributed by atoms with E-state index < -0.39 is 65.0 Å². The fraction of sp³-hybridized carbons (Fsp3) is 0.818. The molecule has 1 saturated carbocycles. The van der Waals surface area contributed by atoms with Crippen LogP contribution in [0.1, 0.15) is 41.0 Å². The number of carbonyl (C=O) groups is 2. The molecule has 31 heavy (non-hydrogen) atoms. The average Bonchev–Trinajstić information content (AvgIpc) is 3.45. The third kappa shape index (κ3) is 2.87. The number of aliphatic hydroxyl groups is 3. The summed E-state index contributed by atoms with van der Waals surface area (Å²) in [5.74, 6) is -0.951. The molecule has 4 rings (SSSR count). The van der Waals surface area contributed by atoms with Gasteiger partial charge >= 0.3 is 11.9 Å². The third-order valence-electron chi connectivity index (χ3n) is 7.81. The number of fused-ring (bicyclic) bond motifs is 2. The molecule has 4 aliphatic rings. The van der Waals surface area contributed by atoms with Crippen LogP contribution in [0, 0.1) is 16.7 Å². The predicted octanol–water partition coefficient (Wildman–Crippen LogP) is 0.0927. The normalized spacial score (nSPS) is 47.7. The van der Waals surface area contributed by atoms with Gasteiger partial charge in [0, 0.05) is 18.8 Å². The van der Waals surface area contributed by atoms with E-state index in [9.17, 15) is 24.9 Å². The molecular weight excluding hydrogens is 408 g/mol. The second kappa shape index (κ2) is 7.25. The fourth-order valence-electron chi connectivity index (χ4n) is 6.04. The maximum Gasteiger partial charge on any atom is 0.306 e. The number of hydrogen-bond acceptors (Lipinski definition) is 9. The molecule has 2 saturated heterocycles. The minimum atomic E-state index is -1.41. The fourth-order valence-corrected chi connectivity index (χ4v) is 6.04. The van der Waals surface area contributed by atoms with Crippen molar-refractivity contribution >= 4 is 11.9 Å². The number of ether oxygens (including phenoxy) is 4. The lowest BCUT2D eigenvalue weighted by atomic mass is 9.49. The highest BCUT2D eigenvalue weighted by Crippen LogP contribution is 2.71. The summed E-state index contributed by atoms with van der Waals surface area (Å²) in [6, 6.07) is 0. The first-order valence-corrected chi connectivity index (χ1v) is 10.8. The van der Waals surface area contributed by atoms with Crippen LogP contribution in [0.4, 0.5) is 0 Å². The Morgan fingerprint density at radius 1 is 1.26 bits per heavy atom. The van der Waals surface area contributed by atoms with E-state index in [1.807, 2.05) is 13.8 Å². The van der Waals surface area contributed by atoms with Crippen LogP contribution < -0.4 is 0 Å². The van der Waals surface area contributed by atoms with Gasteiger partial charge in [0.2, 0.25) is 0 Å². The molecule has 2 heterocycles. The highest BCUT2D eigenvalue weighted by Gasteiger charge is 2.86. The zero-order valence-electron chi connectivity index (χ0n) is 18.5. The van der Waals surface area contributed by atoms with E-state index >= 15 is 0 Å². The topological polar surface area (TPSA) is 135 Å². The van der Waals surface area contributed by atoms with Crippen molar-refractivity contribution in [3.05, 3.63) is 11.6 Å². The standard InChI is InChI=1S/C22H32O9/c1-10(2)6-14(24)31-16-11(3)7-13-21(18(16)27,8-28-12(4)23)20(5)17(26)15(25)19(30-13)22(20)9-29-22/h7,10,13,15-19,25-27H,6,8-9H2,1-5H3/t13?,15?,16-,17?,18-,19?,20-,21-,22-/m1/s1. The molecule has 174 valence electrons. The Morgan fingerprint density at radius 2 is 1.90 bits per heavy atom. The summed E-state index contributed by atoms with van der Waals surface area (Å²) in [6.45, 7) is 8.40. The summed E-state index contributed by atoms with van der Waals surface area (Å²) in [4.78, 5) is 24.2. The van der Waals surface area contributed by atoms with Gasteiger partial charge < -0.3 is 34.3 Å². The second-order valence-electron chi connectivity index (χ2n) is 9.98. The molecule has 2 aliphatic carbocycles. The van der Waals surface area contributed by atoms with Crippen LogP contribution in [0.15, 0.2) is 11.6 Å². The number of epoxide rings is 1. The smallest absolute Gasteiger partial charge is 0.306 e. The summed E-state index contributed by atoms with van der Waals surface area (Å²) in [7, 11) is 0. The van der Waals surface area contributed by atoms with E-state index in [1.165, 1.54) is 6.92 Å². The molecule has 0 amide bonds. The first-order chi connectivity index (χ1) is 14.4. The summed E-state index contributed by atoms with van der Waals surface area (Å²) >= 11 is 0. The van der Waals surface area contributed by atoms with Gasteiger partial charge in [0.1, 0.15) is 36.6 Å². The van der Waals surface area contributed by atoms with Gasteiger partial charge in [-0.2, -0.15) is 0 Å². The summed E-state index contributed by atoms with van der Waals surface area (Å²) < 4.78 is 23.0. The lowest BCUT2D eigenvalue weighted by Crippen LogP contribution is -2.73. The van der Waals surface area contributed by atoms with Crippen LogP contribution in [0.3, 0.4) is 0 Å². The molecule has 9 atom stereocenters. The molecule has 0 aromatic heterocycles. The Kier molecular flexibility index (Phi) is 5.30. The lowest BCUT2D eigenvalue weighted by Gasteiger charge is -2.60. The van der Waals surface area contributed by atoms with Gasteiger partial charge in [-0.25, -0.2) is 0 Å². The van der Waals surface area contributed by atoms with E-state index in [0.29, 0.717) is 5.57 Å². The summed E-state index contributed by atoms with van der Waals surface area (Å²) in [5, 5.41) is 33.6. The van der Waals surface area contributed by atoms with Crippen LogP contribution in [-0.2, 0) is 28.5 Å². The Balaban J connectivity index is 1.81. The number of esters is 2. The zero-order valence-corrected chi connectivity index (χ0v) is 18.5. The van der Waals surface area contributed by atoms with Crippen molar-refractivity contribution in [1.29, 1.82) is 0 Å². The van der Waals surface area contributed by atoms with Gasteiger partial charge in [-0.3, -0.25) is 9.59 Å². The summed E-state index contributed by atoms with van der Waals surface area (Å²) in [5.41, 5.74) is -3.09. The zero-order chi connectivity index (χ0) is 22.9. The molecule has 0 radical (unpaired) electrons. The minimum absolute atomic E-state index is 0.0755. The largest absolute Gasteiger partial charge is 0.465 e. The average molecular weight is 440 g/mol. The molecular formula is C22H32O9. The van der Waals surface area contributed by atoms with E-state index in [-0.39, 0.29) is 25.6 Å². The van der Waals surface area contributed by atoms with Crippen molar-refractivity contribution in [1.82, 2.24) is 0 Å². The van der Waals surface area contributed by atoms with Crippen molar-refractivity contribution in [2.75, 3.05) is 13.2 Å². The highest BCUT2D eigenvalue weighted by molar-refractivity contribution is 5.70. The highest BCUT2D eigenvalue weighted by atomic mass is 16.6. The maximum atomic E-state index is 12.4. The first kappa shape index (κ1) is 22.7. The van der Waals surface area contributed by atoms with Crippen LogP contribution >= 0.6 is 0 Å². The Morgan fingerprint density at radius 3 is 2.45 bits per heavy atom. The van der Waals surface area contributed by atoms with Gasteiger partial charge in [0.25, 0.3) is 0 Å². The van der Waals surface area contributed by atoms with E-state index in [4.69, 9.17) is 18.9 Å². The van der Waals surface area contributed by atoms with Gasteiger partial charge in [0.05, 0.1) is 24.2 Å². The Hall–Kier alpha value is -1.52. The molecule has 0 aromatic carbocycles. The molecule has 3 N–H and O–H groups in total. The van der Waals surface area contributed by atoms with Crippen molar-refractivity contribution in [3.63, 3.8) is 0 Å². The SMILES string of the molecule is CC(=O)OC[C@@]12C(C=C(C)[C@@H](OC(=O)CC(C)C)[C@H]1O)OC1C(O)C(O)[C@@]2(C)[C@@]12CO2. The van der Waals surface area contributed by atoms with Crippen LogP contribution in [0.25, 0.3) is 0 Å². The monoisotopic (exact) mass is 440 g/mol. The van der Waals surface area contributed by atoms with E-state index in [2.05, 4.69) is 0 Å². The molecule has 3 fully saturated rings. The number of hydrogen-bond donors (Lipinski definition) is 3. The van der Waals surface area contributed by atoms with Crippen LogP contribution in [0.5, 0.6) is 0 Å².